The Labute approximate surface area is 230 Å². The maximum atomic E-state index is 13.3. The molecule has 0 aliphatic carbocycles. The molecule has 4 aromatic carbocycles. The van der Waals surface area contributed by atoms with E-state index >= 15 is 0 Å². The van der Waals surface area contributed by atoms with E-state index in [2.05, 4.69) is 20.3 Å². The lowest BCUT2D eigenvalue weighted by Crippen LogP contribution is -2.22. The van der Waals surface area contributed by atoms with Crippen molar-refractivity contribution in [3.05, 3.63) is 118 Å². The zero-order valence-corrected chi connectivity index (χ0v) is 21.6. The highest BCUT2D eigenvalue weighted by molar-refractivity contribution is 7.99. The van der Waals surface area contributed by atoms with Crippen LogP contribution in [-0.2, 0) is 4.79 Å². The first-order valence-electron chi connectivity index (χ1n) is 12.2. The van der Waals surface area contributed by atoms with Crippen molar-refractivity contribution in [1.29, 1.82) is 0 Å². The molecule has 0 aliphatic heterocycles. The first kappa shape index (κ1) is 25.0. The molecule has 0 bridgehead atoms. The van der Waals surface area contributed by atoms with Gasteiger partial charge in [0.25, 0.3) is 11.2 Å². The van der Waals surface area contributed by atoms with Crippen LogP contribution >= 0.6 is 11.8 Å². The molecule has 0 radical (unpaired) electrons. The monoisotopic (exact) mass is 548 g/mol. The predicted octanol–water partition coefficient (Wildman–Crippen LogP) is 5.57. The molecule has 2 aromatic heterocycles. The molecule has 6 rings (SSSR count). The summed E-state index contributed by atoms with van der Waals surface area (Å²) in [5.41, 5.74) is 3.56. The largest absolute Gasteiger partial charge is 0.338 e. The number of nitrogens with zero attached hydrogens (tertiary/aromatic N) is 4. The van der Waals surface area contributed by atoms with Gasteiger partial charge in [-0.2, -0.15) is 0 Å². The number of hydrogen-bond acceptors (Lipinski definition) is 7. The molecule has 1 amide bonds. The number of para-hydroxylation sites is 2. The number of imidazole rings is 1. The molecule has 0 saturated carbocycles. The summed E-state index contributed by atoms with van der Waals surface area (Å²) in [6, 6.07) is 27.9. The van der Waals surface area contributed by atoms with E-state index in [1.165, 1.54) is 28.5 Å². The number of aromatic nitrogens is 4. The van der Waals surface area contributed by atoms with Crippen LogP contribution in [0.2, 0.25) is 0 Å². The lowest BCUT2D eigenvalue weighted by Gasteiger charge is -2.13. The highest BCUT2D eigenvalue weighted by atomic mass is 32.2. The maximum Gasteiger partial charge on any atom is 0.271 e. The number of benzene rings is 4. The third kappa shape index (κ3) is 4.93. The van der Waals surface area contributed by atoms with Gasteiger partial charge in [0.1, 0.15) is 5.82 Å². The van der Waals surface area contributed by atoms with Crippen molar-refractivity contribution in [3.63, 3.8) is 0 Å². The van der Waals surface area contributed by atoms with Crippen molar-refractivity contribution < 1.29 is 9.72 Å². The van der Waals surface area contributed by atoms with Gasteiger partial charge in [0.05, 0.1) is 38.3 Å². The van der Waals surface area contributed by atoms with E-state index in [1.807, 2.05) is 36.4 Å². The summed E-state index contributed by atoms with van der Waals surface area (Å²) in [5, 5.41) is 14.8. The van der Waals surface area contributed by atoms with Crippen LogP contribution in [0.25, 0.3) is 39.0 Å². The molecule has 2 heterocycles. The van der Waals surface area contributed by atoms with Crippen LogP contribution in [0.4, 0.5) is 11.4 Å². The van der Waals surface area contributed by atoms with Gasteiger partial charge in [-0.1, -0.05) is 42.1 Å². The van der Waals surface area contributed by atoms with Gasteiger partial charge in [-0.15, -0.1) is 0 Å². The van der Waals surface area contributed by atoms with E-state index in [-0.39, 0.29) is 22.9 Å². The van der Waals surface area contributed by atoms with Gasteiger partial charge in [-0.25, -0.2) is 9.97 Å². The minimum absolute atomic E-state index is 0.0155. The number of amides is 1. The Bertz CT molecular complexity index is 1950. The zero-order valence-electron chi connectivity index (χ0n) is 20.8. The molecule has 40 heavy (non-hydrogen) atoms. The number of rotatable bonds is 7. The second-order valence-corrected chi connectivity index (χ2v) is 9.79. The summed E-state index contributed by atoms with van der Waals surface area (Å²) in [6.07, 6.45) is 0. The molecule has 2 N–H and O–H groups in total. The van der Waals surface area contributed by atoms with E-state index in [1.54, 1.807) is 48.5 Å². The standard InChI is InChI=1S/C29H20N6O4S/c36-26(17-40-29-33-23-9-5-4-8-22(23)28(37)34(29)20-6-2-1-3-7-20)30-19-12-10-18(11-13-19)27-31-24-15-14-21(35(38)39)16-25(24)32-27/h1-16H,17H2,(H,30,36)(H,31,32). The Morgan fingerprint density at radius 1 is 0.925 bits per heavy atom. The summed E-state index contributed by atoms with van der Waals surface area (Å²) in [6.45, 7) is 0. The number of aromatic amines is 1. The van der Waals surface area contributed by atoms with E-state index in [4.69, 9.17) is 0 Å². The number of carbonyl (C=O) groups is 1. The summed E-state index contributed by atoms with van der Waals surface area (Å²) < 4.78 is 1.52. The lowest BCUT2D eigenvalue weighted by molar-refractivity contribution is -0.384. The van der Waals surface area contributed by atoms with Gasteiger partial charge < -0.3 is 10.3 Å². The summed E-state index contributed by atoms with van der Waals surface area (Å²) >= 11 is 1.18. The fourth-order valence-corrected chi connectivity index (χ4v) is 5.11. The Balaban J connectivity index is 1.18. The molecule has 6 aromatic rings. The zero-order chi connectivity index (χ0) is 27.6. The van der Waals surface area contributed by atoms with Crippen LogP contribution < -0.4 is 10.9 Å². The number of fused-ring (bicyclic) bond motifs is 2. The fourth-order valence-electron chi connectivity index (χ4n) is 4.30. The SMILES string of the molecule is O=C(CSc1nc2ccccc2c(=O)n1-c1ccccc1)Nc1ccc(-c2nc3ccc([N+](=O)[O-])cc3[nH]2)cc1. The molecule has 11 heteroatoms. The second kappa shape index (κ2) is 10.5. The van der Waals surface area contributed by atoms with Crippen LogP contribution in [-0.4, -0.2) is 36.1 Å². The normalized spacial score (nSPS) is 11.1. The van der Waals surface area contributed by atoms with Crippen molar-refractivity contribution >= 4 is 51.0 Å². The summed E-state index contributed by atoms with van der Waals surface area (Å²) in [7, 11) is 0. The number of H-pyrrole nitrogens is 1. The number of nitro groups is 1. The molecule has 196 valence electrons. The van der Waals surface area contributed by atoms with Crippen LogP contribution in [0, 0.1) is 10.1 Å². The van der Waals surface area contributed by atoms with Crippen LogP contribution in [0.5, 0.6) is 0 Å². The van der Waals surface area contributed by atoms with Crippen LogP contribution in [0.3, 0.4) is 0 Å². The topological polar surface area (TPSA) is 136 Å². The first-order chi connectivity index (χ1) is 19.5. The molecular weight excluding hydrogens is 528 g/mol. The predicted molar refractivity (Wildman–Crippen MR) is 155 cm³/mol. The van der Waals surface area contributed by atoms with Gasteiger partial charge in [0.15, 0.2) is 5.16 Å². The number of non-ortho nitro benzene ring substituents is 1. The van der Waals surface area contributed by atoms with Gasteiger partial charge in [-0.05, 0) is 54.6 Å². The Kier molecular flexibility index (Phi) is 6.54. The third-order valence-corrected chi connectivity index (χ3v) is 7.15. The molecule has 0 fully saturated rings. The second-order valence-electron chi connectivity index (χ2n) is 8.85. The minimum Gasteiger partial charge on any atom is -0.338 e. The highest BCUT2D eigenvalue weighted by Gasteiger charge is 2.15. The van der Waals surface area contributed by atoms with E-state index < -0.39 is 4.92 Å². The molecule has 0 saturated heterocycles. The number of nitrogens with one attached hydrogen (secondary N) is 2. The van der Waals surface area contributed by atoms with Crippen molar-refractivity contribution in [1.82, 2.24) is 19.5 Å². The van der Waals surface area contributed by atoms with Crippen molar-refractivity contribution in [2.24, 2.45) is 0 Å². The van der Waals surface area contributed by atoms with E-state index in [9.17, 15) is 19.7 Å². The Morgan fingerprint density at radius 2 is 1.68 bits per heavy atom. The molecule has 0 atom stereocenters. The molecule has 0 aliphatic rings. The molecule has 0 spiro atoms. The quantitative estimate of drug-likeness (QED) is 0.115. The first-order valence-corrected chi connectivity index (χ1v) is 13.2. The fraction of sp³-hybridized carbons (Fsp3) is 0.0345. The number of hydrogen-bond donors (Lipinski definition) is 2. The van der Waals surface area contributed by atoms with E-state index in [0.29, 0.717) is 44.3 Å². The van der Waals surface area contributed by atoms with Crippen LogP contribution in [0.1, 0.15) is 0 Å². The van der Waals surface area contributed by atoms with Crippen molar-refractivity contribution in [2.45, 2.75) is 5.16 Å². The average Bonchev–Trinajstić information content (AvgIpc) is 3.41. The van der Waals surface area contributed by atoms with Crippen molar-refractivity contribution in [3.8, 4) is 17.1 Å². The minimum atomic E-state index is -0.452. The third-order valence-electron chi connectivity index (χ3n) is 6.21. The number of carbonyl (C=O) groups excluding carboxylic acids is 1. The van der Waals surface area contributed by atoms with Crippen molar-refractivity contribution in [2.75, 3.05) is 11.1 Å². The van der Waals surface area contributed by atoms with E-state index in [0.717, 1.165) is 5.56 Å². The number of anilines is 1. The van der Waals surface area contributed by atoms with Crippen LogP contribution in [0.15, 0.2) is 107 Å². The number of nitro benzene ring substituents is 1. The molecular formula is C29H20N6O4S. The van der Waals surface area contributed by atoms with Gasteiger partial charge >= 0.3 is 0 Å². The highest BCUT2D eigenvalue weighted by Crippen LogP contribution is 2.25. The summed E-state index contributed by atoms with van der Waals surface area (Å²) in [4.78, 5) is 49.0. The van der Waals surface area contributed by atoms with Gasteiger partial charge in [0.2, 0.25) is 5.91 Å². The number of thioether (sulfide) groups is 1. The smallest absolute Gasteiger partial charge is 0.271 e. The molecule has 10 nitrogen and oxygen atoms in total. The Hall–Kier alpha value is -5.29. The summed E-state index contributed by atoms with van der Waals surface area (Å²) in [5.74, 6) is 0.350. The van der Waals surface area contributed by atoms with Gasteiger partial charge in [0, 0.05) is 23.4 Å². The lowest BCUT2D eigenvalue weighted by atomic mass is 10.2. The van der Waals surface area contributed by atoms with Gasteiger partial charge in [-0.3, -0.25) is 24.3 Å². The molecule has 0 unspecified atom stereocenters. The Morgan fingerprint density at radius 3 is 2.45 bits per heavy atom. The maximum absolute atomic E-state index is 13.3. The average molecular weight is 549 g/mol.